The maximum absolute atomic E-state index is 13.7. The normalized spacial score (nSPS) is 12.2. The lowest BCUT2D eigenvalue weighted by Crippen LogP contribution is -1.97. The first-order valence-electron chi connectivity index (χ1n) is 5.35. The summed E-state index contributed by atoms with van der Waals surface area (Å²) in [6.45, 7) is 0. The summed E-state index contributed by atoms with van der Waals surface area (Å²) in [7, 11) is 1.59. The van der Waals surface area contributed by atoms with Crippen LogP contribution in [-0.2, 0) is 0 Å². The Morgan fingerprint density at radius 2 is 1.94 bits per heavy atom. The second kappa shape index (κ2) is 5.72. The molecule has 0 N–H and O–H groups in total. The van der Waals surface area contributed by atoms with Gasteiger partial charge in [0.2, 0.25) is 0 Å². The van der Waals surface area contributed by atoms with Gasteiger partial charge in [0.15, 0.2) is 0 Å². The molecule has 0 heterocycles. The van der Waals surface area contributed by atoms with Crippen LogP contribution >= 0.6 is 27.5 Å². The van der Waals surface area contributed by atoms with Crippen molar-refractivity contribution in [2.24, 2.45) is 0 Å². The van der Waals surface area contributed by atoms with Crippen LogP contribution in [0.4, 0.5) is 4.39 Å². The quantitative estimate of drug-likeness (QED) is 0.726. The monoisotopic (exact) mass is 328 g/mol. The van der Waals surface area contributed by atoms with Gasteiger partial charge in [0.05, 0.1) is 17.0 Å². The molecule has 0 bridgehead atoms. The minimum Gasteiger partial charge on any atom is -0.496 e. The molecule has 0 aliphatic carbocycles. The highest BCUT2D eigenvalue weighted by atomic mass is 79.9. The molecule has 1 nitrogen and oxygen atoms in total. The van der Waals surface area contributed by atoms with E-state index in [4.69, 9.17) is 16.3 Å². The number of rotatable bonds is 3. The van der Waals surface area contributed by atoms with Crippen molar-refractivity contribution in [1.82, 2.24) is 0 Å². The minimum atomic E-state index is -0.520. The zero-order chi connectivity index (χ0) is 13.1. The molecule has 4 heteroatoms. The van der Waals surface area contributed by atoms with Crippen molar-refractivity contribution in [2.45, 2.75) is 5.38 Å². The zero-order valence-corrected chi connectivity index (χ0v) is 12.0. The van der Waals surface area contributed by atoms with Crippen LogP contribution in [0.5, 0.6) is 5.75 Å². The van der Waals surface area contributed by atoms with Crippen molar-refractivity contribution in [3.8, 4) is 5.75 Å². The summed E-state index contributed by atoms with van der Waals surface area (Å²) in [5.41, 5.74) is 1.28. The van der Waals surface area contributed by atoms with E-state index in [1.54, 1.807) is 31.4 Å². The van der Waals surface area contributed by atoms with E-state index in [9.17, 15) is 4.39 Å². The molecule has 2 rings (SSSR count). The van der Waals surface area contributed by atoms with Gasteiger partial charge in [0, 0.05) is 5.56 Å². The van der Waals surface area contributed by atoms with Crippen LogP contribution in [0.1, 0.15) is 16.5 Å². The summed E-state index contributed by atoms with van der Waals surface area (Å²) in [5, 5.41) is -0.520. The third kappa shape index (κ3) is 2.68. The molecule has 2 aromatic rings. The fourth-order valence-corrected chi connectivity index (χ4v) is 2.57. The molecule has 1 unspecified atom stereocenters. The van der Waals surface area contributed by atoms with Crippen LogP contribution in [0.2, 0.25) is 0 Å². The fourth-order valence-electron chi connectivity index (χ4n) is 1.70. The van der Waals surface area contributed by atoms with Crippen molar-refractivity contribution < 1.29 is 9.13 Å². The second-order valence-corrected chi connectivity index (χ2v) is 5.07. The van der Waals surface area contributed by atoms with E-state index in [-0.39, 0.29) is 5.82 Å². The van der Waals surface area contributed by atoms with Gasteiger partial charge in [-0.2, -0.15) is 0 Å². The molecule has 0 spiro atoms. The van der Waals surface area contributed by atoms with Gasteiger partial charge >= 0.3 is 0 Å². The van der Waals surface area contributed by atoms with Gasteiger partial charge in [-0.3, -0.25) is 0 Å². The van der Waals surface area contributed by atoms with Crippen molar-refractivity contribution in [2.75, 3.05) is 7.11 Å². The molecular weight excluding hydrogens is 319 g/mol. The number of ether oxygens (including phenoxy) is 1. The molecule has 0 fully saturated rings. The first-order chi connectivity index (χ1) is 8.63. The lowest BCUT2D eigenvalue weighted by molar-refractivity contribution is 0.412. The Bertz CT molecular complexity index is 559. The summed E-state index contributed by atoms with van der Waals surface area (Å²) in [4.78, 5) is 0. The van der Waals surface area contributed by atoms with E-state index < -0.39 is 5.38 Å². The summed E-state index contributed by atoms with van der Waals surface area (Å²) in [6, 6.07) is 12.0. The highest BCUT2D eigenvalue weighted by Gasteiger charge is 2.15. The van der Waals surface area contributed by atoms with Crippen molar-refractivity contribution >= 4 is 27.5 Å². The highest BCUT2D eigenvalue weighted by Crippen LogP contribution is 2.34. The van der Waals surface area contributed by atoms with E-state index >= 15 is 0 Å². The van der Waals surface area contributed by atoms with Crippen molar-refractivity contribution in [3.05, 3.63) is 63.9 Å². The van der Waals surface area contributed by atoms with Gasteiger partial charge in [-0.25, -0.2) is 4.39 Å². The number of hydrogen-bond acceptors (Lipinski definition) is 1. The van der Waals surface area contributed by atoms with E-state index in [1.807, 2.05) is 12.1 Å². The van der Waals surface area contributed by atoms with Crippen LogP contribution in [0.3, 0.4) is 0 Å². The Morgan fingerprint density at radius 1 is 1.22 bits per heavy atom. The summed E-state index contributed by atoms with van der Waals surface area (Å²) >= 11 is 9.69. The van der Waals surface area contributed by atoms with Gasteiger partial charge in [-0.15, -0.1) is 11.6 Å². The topological polar surface area (TPSA) is 9.23 Å². The molecule has 94 valence electrons. The molecule has 0 aliphatic heterocycles. The molecule has 0 amide bonds. The zero-order valence-electron chi connectivity index (χ0n) is 9.66. The maximum atomic E-state index is 13.7. The number of benzene rings is 2. The van der Waals surface area contributed by atoms with Crippen LogP contribution in [-0.4, -0.2) is 7.11 Å². The predicted octanol–water partition coefficient (Wildman–Crippen LogP) is 4.93. The number of alkyl halides is 1. The Morgan fingerprint density at radius 3 is 2.56 bits per heavy atom. The molecule has 0 aromatic heterocycles. The standard InChI is InChI=1S/C14H11BrClFO/c1-18-13-7-6-9(8-11(13)15)14(16)10-4-2-3-5-12(10)17/h2-8,14H,1H3. The Balaban J connectivity index is 2.37. The van der Waals surface area contributed by atoms with Crippen molar-refractivity contribution in [1.29, 1.82) is 0 Å². The van der Waals surface area contributed by atoms with E-state index in [1.165, 1.54) is 6.07 Å². The largest absolute Gasteiger partial charge is 0.496 e. The molecule has 1 atom stereocenters. The van der Waals surface area contributed by atoms with Crippen LogP contribution in [0, 0.1) is 5.82 Å². The number of halogens is 3. The maximum Gasteiger partial charge on any atom is 0.133 e. The van der Waals surface area contributed by atoms with Gasteiger partial charge in [-0.05, 0) is 39.7 Å². The first-order valence-corrected chi connectivity index (χ1v) is 6.58. The lowest BCUT2D eigenvalue weighted by Gasteiger charge is -2.13. The smallest absolute Gasteiger partial charge is 0.133 e. The molecule has 2 aromatic carbocycles. The number of hydrogen-bond donors (Lipinski definition) is 0. The SMILES string of the molecule is COc1ccc(C(Cl)c2ccccc2F)cc1Br. The van der Waals surface area contributed by atoms with Gasteiger partial charge in [-0.1, -0.05) is 24.3 Å². The third-order valence-electron chi connectivity index (χ3n) is 2.65. The van der Waals surface area contributed by atoms with Crippen LogP contribution in [0.25, 0.3) is 0 Å². The second-order valence-electron chi connectivity index (χ2n) is 3.78. The fraction of sp³-hybridized carbons (Fsp3) is 0.143. The van der Waals surface area contributed by atoms with Crippen LogP contribution < -0.4 is 4.74 Å². The summed E-state index contributed by atoms with van der Waals surface area (Å²) < 4.78 is 19.6. The molecular formula is C14H11BrClFO. The molecule has 0 aliphatic rings. The van der Waals surface area contributed by atoms with Crippen molar-refractivity contribution in [3.63, 3.8) is 0 Å². The first kappa shape index (κ1) is 13.4. The average Bonchev–Trinajstić information content (AvgIpc) is 2.38. The van der Waals surface area contributed by atoms with Gasteiger partial charge < -0.3 is 4.74 Å². The Kier molecular flexibility index (Phi) is 4.25. The molecule has 0 radical (unpaired) electrons. The molecule has 18 heavy (non-hydrogen) atoms. The Labute approximate surface area is 119 Å². The van der Waals surface area contributed by atoms with Gasteiger partial charge in [0.25, 0.3) is 0 Å². The number of methoxy groups -OCH3 is 1. The van der Waals surface area contributed by atoms with E-state index in [0.29, 0.717) is 5.56 Å². The average molecular weight is 330 g/mol. The van der Waals surface area contributed by atoms with Crippen LogP contribution in [0.15, 0.2) is 46.9 Å². The summed E-state index contributed by atoms with van der Waals surface area (Å²) in [5.74, 6) is 0.417. The van der Waals surface area contributed by atoms with E-state index in [0.717, 1.165) is 15.8 Å². The molecule has 0 saturated carbocycles. The highest BCUT2D eigenvalue weighted by molar-refractivity contribution is 9.10. The molecule has 0 saturated heterocycles. The lowest BCUT2D eigenvalue weighted by atomic mass is 10.0. The van der Waals surface area contributed by atoms with E-state index in [2.05, 4.69) is 15.9 Å². The predicted molar refractivity (Wildman–Crippen MR) is 74.8 cm³/mol. The third-order valence-corrected chi connectivity index (χ3v) is 3.75. The Hall–Kier alpha value is -1.06. The summed E-state index contributed by atoms with van der Waals surface area (Å²) in [6.07, 6.45) is 0. The van der Waals surface area contributed by atoms with Gasteiger partial charge in [0.1, 0.15) is 11.6 Å². The minimum absolute atomic E-state index is 0.301.